The third-order valence-corrected chi connectivity index (χ3v) is 3.87. The Labute approximate surface area is 132 Å². The first-order valence-corrected chi connectivity index (χ1v) is 7.92. The standard InChI is InChI=1S/C15H28N4O3/c1-4-18(9-13(20)17-11(2)3)10-14(21)19-7-5-12(6-8-19)15(16)22/h11-12H,4-10H2,1-3H3,(H2,16,22)(H,17,20). The van der Waals surface area contributed by atoms with Gasteiger partial charge in [0.25, 0.3) is 0 Å². The molecular weight excluding hydrogens is 284 g/mol. The fraction of sp³-hybridized carbons (Fsp3) is 0.800. The number of nitrogens with one attached hydrogen (secondary N) is 1. The lowest BCUT2D eigenvalue weighted by Crippen LogP contribution is -2.48. The highest BCUT2D eigenvalue weighted by atomic mass is 16.2. The molecule has 0 bridgehead atoms. The van der Waals surface area contributed by atoms with E-state index in [1.807, 2.05) is 25.7 Å². The summed E-state index contributed by atoms with van der Waals surface area (Å²) in [6.07, 6.45) is 1.25. The van der Waals surface area contributed by atoms with Crippen LogP contribution >= 0.6 is 0 Å². The second-order valence-corrected chi connectivity index (χ2v) is 6.08. The Bertz CT molecular complexity index is 404. The summed E-state index contributed by atoms with van der Waals surface area (Å²) >= 11 is 0. The predicted molar refractivity (Wildman–Crippen MR) is 83.9 cm³/mol. The maximum atomic E-state index is 12.3. The van der Waals surface area contributed by atoms with Gasteiger partial charge in [0, 0.05) is 25.0 Å². The van der Waals surface area contributed by atoms with E-state index in [0.717, 1.165) is 0 Å². The Morgan fingerprint density at radius 1 is 1.23 bits per heavy atom. The van der Waals surface area contributed by atoms with Gasteiger partial charge >= 0.3 is 0 Å². The zero-order valence-electron chi connectivity index (χ0n) is 13.8. The Hall–Kier alpha value is -1.63. The summed E-state index contributed by atoms with van der Waals surface area (Å²) in [5.74, 6) is -0.477. The summed E-state index contributed by atoms with van der Waals surface area (Å²) in [6, 6.07) is 0.0923. The zero-order valence-corrected chi connectivity index (χ0v) is 13.8. The summed E-state index contributed by atoms with van der Waals surface area (Å²) in [4.78, 5) is 38.8. The molecule has 0 unspecified atom stereocenters. The van der Waals surface area contributed by atoms with Crippen molar-refractivity contribution in [2.75, 3.05) is 32.7 Å². The monoisotopic (exact) mass is 312 g/mol. The van der Waals surface area contributed by atoms with Crippen LogP contribution in [0.2, 0.25) is 0 Å². The number of rotatable bonds is 7. The number of likely N-dealkylation sites (N-methyl/N-ethyl adjacent to an activating group) is 1. The lowest BCUT2D eigenvalue weighted by atomic mass is 9.96. The van der Waals surface area contributed by atoms with Gasteiger partial charge in [-0.15, -0.1) is 0 Å². The van der Waals surface area contributed by atoms with Crippen molar-refractivity contribution in [1.29, 1.82) is 0 Å². The first-order chi connectivity index (χ1) is 10.3. The highest BCUT2D eigenvalue weighted by Crippen LogP contribution is 2.16. The van der Waals surface area contributed by atoms with Crippen molar-refractivity contribution < 1.29 is 14.4 Å². The second kappa shape index (κ2) is 8.73. The van der Waals surface area contributed by atoms with E-state index in [0.29, 0.717) is 32.5 Å². The number of hydrogen-bond donors (Lipinski definition) is 2. The lowest BCUT2D eigenvalue weighted by molar-refractivity contribution is -0.136. The number of likely N-dealkylation sites (tertiary alicyclic amines) is 1. The van der Waals surface area contributed by atoms with Gasteiger partial charge in [0.05, 0.1) is 13.1 Å². The Kier molecular flexibility index (Phi) is 7.31. The molecule has 0 spiro atoms. The second-order valence-electron chi connectivity index (χ2n) is 6.08. The lowest BCUT2D eigenvalue weighted by Gasteiger charge is -2.32. The Balaban J connectivity index is 2.42. The van der Waals surface area contributed by atoms with Crippen LogP contribution in [0.5, 0.6) is 0 Å². The highest BCUT2D eigenvalue weighted by Gasteiger charge is 2.26. The smallest absolute Gasteiger partial charge is 0.236 e. The molecule has 1 fully saturated rings. The topological polar surface area (TPSA) is 95.7 Å². The van der Waals surface area contributed by atoms with Crippen LogP contribution < -0.4 is 11.1 Å². The number of nitrogens with two attached hydrogens (primary N) is 1. The average molecular weight is 312 g/mol. The molecule has 0 aliphatic carbocycles. The molecule has 1 aliphatic heterocycles. The molecule has 126 valence electrons. The van der Waals surface area contributed by atoms with E-state index in [-0.39, 0.29) is 42.8 Å². The van der Waals surface area contributed by atoms with Gasteiger partial charge in [-0.3, -0.25) is 19.3 Å². The molecule has 7 nitrogen and oxygen atoms in total. The molecule has 22 heavy (non-hydrogen) atoms. The van der Waals surface area contributed by atoms with Gasteiger partial charge in [-0.05, 0) is 33.2 Å². The van der Waals surface area contributed by atoms with Gasteiger partial charge in [-0.25, -0.2) is 0 Å². The van der Waals surface area contributed by atoms with Crippen LogP contribution in [0.3, 0.4) is 0 Å². The van der Waals surface area contributed by atoms with Gasteiger partial charge in [-0.1, -0.05) is 6.92 Å². The number of primary amides is 1. The number of hydrogen-bond acceptors (Lipinski definition) is 4. The summed E-state index contributed by atoms with van der Waals surface area (Å²) in [7, 11) is 0. The van der Waals surface area contributed by atoms with E-state index in [4.69, 9.17) is 5.73 Å². The molecule has 0 radical (unpaired) electrons. The van der Waals surface area contributed by atoms with E-state index < -0.39 is 0 Å². The van der Waals surface area contributed by atoms with Crippen molar-refractivity contribution in [2.45, 2.75) is 39.7 Å². The normalized spacial score (nSPS) is 16.1. The fourth-order valence-electron chi connectivity index (χ4n) is 2.55. The van der Waals surface area contributed by atoms with Crippen molar-refractivity contribution in [3.63, 3.8) is 0 Å². The first kappa shape index (κ1) is 18.4. The summed E-state index contributed by atoms with van der Waals surface area (Å²) in [5.41, 5.74) is 5.29. The number of carbonyl (C=O) groups excluding carboxylic acids is 3. The molecule has 0 atom stereocenters. The van der Waals surface area contributed by atoms with Crippen LogP contribution in [0, 0.1) is 5.92 Å². The minimum atomic E-state index is -0.285. The van der Waals surface area contributed by atoms with Gasteiger partial charge in [0.1, 0.15) is 0 Å². The van der Waals surface area contributed by atoms with Crippen molar-refractivity contribution in [3.05, 3.63) is 0 Å². The molecule has 0 aromatic rings. The maximum Gasteiger partial charge on any atom is 0.236 e. The van der Waals surface area contributed by atoms with Crippen molar-refractivity contribution in [2.24, 2.45) is 11.7 Å². The molecule has 1 heterocycles. The van der Waals surface area contributed by atoms with Crippen molar-refractivity contribution >= 4 is 17.7 Å². The molecule has 7 heteroatoms. The van der Waals surface area contributed by atoms with E-state index in [1.54, 1.807) is 4.90 Å². The van der Waals surface area contributed by atoms with Crippen LogP contribution in [-0.4, -0.2) is 66.3 Å². The summed E-state index contributed by atoms with van der Waals surface area (Å²) in [6.45, 7) is 7.93. The van der Waals surface area contributed by atoms with Gasteiger partial charge in [0.2, 0.25) is 17.7 Å². The number of nitrogens with zero attached hydrogens (tertiary/aromatic N) is 2. The number of amides is 3. The largest absolute Gasteiger partial charge is 0.369 e. The Morgan fingerprint density at radius 3 is 2.27 bits per heavy atom. The minimum Gasteiger partial charge on any atom is -0.369 e. The van der Waals surface area contributed by atoms with E-state index in [9.17, 15) is 14.4 Å². The zero-order chi connectivity index (χ0) is 16.7. The quantitative estimate of drug-likeness (QED) is 0.666. The van der Waals surface area contributed by atoms with E-state index in [2.05, 4.69) is 5.32 Å². The molecular formula is C15H28N4O3. The molecule has 1 aliphatic rings. The van der Waals surface area contributed by atoms with E-state index >= 15 is 0 Å². The maximum absolute atomic E-state index is 12.3. The number of piperidine rings is 1. The first-order valence-electron chi connectivity index (χ1n) is 7.92. The average Bonchev–Trinajstić information content (AvgIpc) is 2.45. The predicted octanol–water partition coefficient (Wildman–Crippen LogP) is -0.443. The molecule has 0 saturated carbocycles. The van der Waals surface area contributed by atoms with Gasteiger partial charge in [0.15, 0.2) is 0 Å². The highest BCUT2D eigenvalue weighted by molar-refractivity contribution is 5.82. The summed E-state index contributed by atoms with van der Waals surface area (Å²) in [5, 5.41) is 2.82. The molecule has 3 amide bonds. The van der Waals surface area contributed by atoms with Crippen LogP contribution in [-0.2, 0) is 14.4 Å². The third-order valence-electron chi connectivity index (χ3n) is 3.87. The third kappa shape index (κ3) is 6.01. The van der Waals surface area contributed by atoms with Crippen LogP contribution in [0.15, 0.2) is 0 Å². The summed E-state index contributed by atoms with van der Waals surface area (Å²) < 4.78 is 0. The van der Waals surface area contributed by atoms with Crippen molar-refractivity contribution in [3.8, 4) is 0 Å². The fourth-order valence-corrected chi connectivity index (χ4v) is 2.55. The number of carbonyl (C=O) groups is 3. The minimum absolute atomic E-state index is 0.00196. The van der Waals surface area contributed by atoms with Crippen LogP contribution in [0.25, 0.3) is 0 Å². The van der Waals surface area contributed by atoms with Crippen LogP contribution in [0.4, 0.5) is 0 Å². The molecule has 0 aromatic heterocycles. The van der Waals surface area contributed by atoms with Crippen molar-refractivity contribution in [1.82, 2.24) is 15.1 Å². The molecule has 0 aromatic carbocycles. The van der Waals surface area contributed by atoms with E-state index in [1.165, 1.54) is 0 Å². The Morgan fingerprint density at radius 2 is 1.82 bits per heavy atom. The van der Waals surface area contributed by atoms with Crippen LogP contribution in [0.1, 0.15) is 33.6 Å². The molecule has 1 rings (SSSR count). The molecule has 3 N–H and O–H groups in total. The van der Waals surface area contributed by atoms with Gasteiger partial charge < -0.3 is 16.0 Å². The molecule has 1 saturated heterocycles. The van der Waals surface area contributed by atoms with Gasteiger partial charge in [-0.2, -0.15) is 0 Å². The SMILES string of the molecule is CCN(CC(=O)NC(C)C)CC(=O)N1CCC(C(N)=O)CC1.